The van der Waals surface area contributed by atoms with Gasteiger partial charge in [0.1, 0.15) is 47.8 Å². The van der Waals surface area contributed by atoms with Crippen LogP contribution in [0.4, 0.5) is 0 Å². The minimum atomic E-state index is -1.50. The average molecular weight is 501 g/mol. The van der Waals surface area contributed by atoms with Crippen LogP contribution >= 0.6 is 0 Å². The number of aryl methyl sites for hydroxylation is 2. The molecule has 4 rings (SSSR count). The predicted octanol–water partition coefficient (Wildman–Crippen LogP) is 1.38. The van der Waals surface area contributed by atoms with E-state index in [0.717, 1.165) is 11.1 Å². The van der Waals surface area contributed by atoms with Crippen molar-refractivity contribution in [3.05, 3.63) is 71.5 Å². The Bertz CT molecular complexity index is 1030. The highest BCUT2D eigenvalue weighted by Gasteiger charge is 2.44. The number of rotatable bonds is 9. The molecule has 2 heterocycles. The molecule has 1 fully saturated rings. The number of hydrogen-bond donors (Lipinski definition) is 5. The number of carbonyl (C=O) groups excluding carboxylic acids is 1. The predicted molar refractivity (Wildman–Crippen MR) is 128 cm³/mol. The highest BCUT2D eigenvalue weighted by atomic mass is 16.7. The van der Waals surface area contributed by atoms with Crippen molar-refractivity contribution < 1.29 is 44.5 Å². The summed E-state index contributed by atoms with van der Waals surface area (Å²) < 4.78 is 17.0. The first-order chi connectivity index (χ1) is 17.3. The third-order valence-corrected chi connectivity index (χ3v) is 6.44. The molecule has 6 unspecified atom stereocenters. The van der Waals surface area contributed by atoms with Crippen LogP contribution in [0.2, 0.25) is 0 Å². The first-order valence-corrected chi connectivity index (χ1v) is 12.1. The number of phenols is 1. The smallest absolute Gasteiger partial charge is 0.229 e. The maximum atomic E-state index is 12.2. The van der Waals surface area contributed by atoms with Gasteiger partial charge in [-0.3, -0.25) is 4.79 Å². The highest BCUT2D eigenvalue weighted by Crippen LogP contribution is 2.26. The first-order valence-electron chi connectivity index (χ1n) is 12.1. The molecule has 0 spiro atoms. The van der Waals surface area contributed by atoms with Crippen molar-refractivity contribution in [3.63, 3.8) is 0 Å². The molecule has 5 N–H and O–H groups in total. The van der Waals surface area contributed by atoms with E-state index in [2.05, 4.69) is 0 Å². The normalized spacial score (nSPS) is 28.3. The standard InChI is InChI=1S/C27H32O9/c28-15-23-24(31)25(32)26(33)27(36-23)35-20-9-3-17(4-10-20)6-12-22-14-19(30)13-21(34-22)11-5-16-1-7-18(29)8-2-16/h1-4,7-10,13,22-29,31-33H,5-6,11-12,14-15H2. The van der Waals surface area contributed by atoms with Crippen molar-refractivity contribution in [3.8, 4) is 11.5 Å². The number of aliphatic hydroxyl groups is 4. The molecule has 9 heteroatoms. The van der Waals surface area contributed by atoms with Gasteiger partial charge in [0, 0.05) is 18.9 Å². The van der Waals surface area contributed by atoms with Gasteiger partial charge in [-0.25, -0.2) is 0 Å². The second-order valence-corrected chi connectivity index (χ2v) is 9.19. The molecule has 9 nitrogen and oxygen atoms in total. The van der Waals surface area contributed by atoms with Crippen molar-refractivity contribution in [2.24, 2.45) is 0 Å². The second-order valence-electron chi connectivity index (χ2n) is 9.19. The van der Waals surface area contributed by atoms with Crippen LogP contribution < -0.4 is 4.74 Å². The average Bonchev–Trinajstić information content (AvgIpc) is 2.88. The third kappa shape index (κ3) is 6.63. The molecule has 1 saturated heterocycles. The Morgan fingerprint density at radius 1 is 0.861 bits per heavy atom. The van der Waals surface area contributed by atoms with Gasteiger partial charge in [-0.15, -0.1) is 0 Å². The van der Waals surface area contributed by atoms with Crippen LogP contribution in [-0.4, -0.2) is 74.7 Å². The van der Waals surface area contributed by atoms with Crippen molar-refractivity contribution in [2.45, 2.75) is 68.9 Å². The minimum Gasteiger partial charge on any atom is -0.508 e. The Hall–Kier alpha value is -2.95. The van der Waals surface area contributed by atoms with E-state index in [1.165, 1.54) is 0 Å². The Labute approximate surface area is 209 Å². The zero-order valence-electron chi connectivity index (χ0n) is 19.8. The topological polar surface area (TPSA) is 146 Å². The van der Waals surface area contributed by atoms with Crippen LogP contribution in [0.5, 0.6) is 11.5 Å². The van der Waals surface area contributed by atoms with E-state index in [1.807, 2.05) is 24.3 Å². The van der Waals surface area contributed by atoms with E-state index < -0.39 is 37.3 Å². The first kappa shape index (κ1) is 26.1. The van der Waals surface area contributed by atoms with E-state index in [9.17, 15) is 30.3 Å². The number of allylic oxidation sites excluding steroid dienone is 2. The second kappa shape index (κ2) is 11.9. The molecule has 2 aliphatic rings. The Kier molecular flexibility index (Phi) is 8.60. The van der Waals surface area contributed by atoms with Crippen LogP contribution in [0, 0.1) is 0 Å². The molecular weight excluding hydrogens is 468 g/mol. The van der Waals surface area contributed by atoms with E-state index in [1.54, 1.807) is 30.3 Å². The van der Waals surface area contributed by atoms with Crippen molar-refractivity contribution >= 4 is 5.78 Å². The molecule has 0 saturated carbocycles. The van der Waals surface area contributed by atoms with E-state index >= 15 is 0 Å². The maximum Gasteiger partial charge on any atom is 0.229 e. The number of phenolic OH excluding ortho intramolecular Hbond substituents is 1. The van der Waals surface area contributed by atoms with Crippen molar-refractivity contribution in [1.82, 2.24) is 0 Å². The Balaban J connectivity index is 1.26. The Morgan fingerprint density at radius 3 is 2.22 bits per heavy atom. The highest BCUT2D eigenvalue weighted by molar-refractivity contribution is 5.91. The summed E-state index contributed by atoms with van der Waals surface area (Å²) in [5.74, 6) is 1.34. The molecule has 36 heavy (non-hydrogen) atoms. The summed E-state index contributed by atoms with van der Waals surface area (Å²) in [4.78, 5) is 12.2. The molecule has 2 aliphatic heterocycles. The largest absolute Gasteiger partial charge is 0.508 e. The molecule has 2 aromatic rings. The van der Waals surface area contributed by atoms with Crippen LogP contribution in [0.25, 0.3) is 0 Å². The molecule has 0 aromatic heterocycles. The molecule has 0 bridgehead atoms. The zero-order valence-corrected chi connectivity index (χ0v) is 19.8. The third-order valence-electron chi connectivity index (χ3n) is 6.44. The fraction of sp³-hybridized carbons (Fsp3) is 0.444. The van der Waals surface area contributed by atoms with E-state index in [0.29, 0.717) is 43.6 Å². The molecule has 2 aromatic carbocycles. The van der Waals surface area contributed by atoms with Gasteiger partial charge in [0.15, 0.2) is 5.78 Å². The van der Waals surface area contributed by atoms with Crippen molar-refractivity contribution in [1.29, 1.82) is 0 Å². The molecular formula is C27H32O9. The summed E-state index contributed by atoms with van der Waals surface area (Å²) in [6, 6.07) is 14.1. The van der Waals surface area contributed by atoms with Crippen molar-refractivity contribution in [2.75, 3.05) is 6.61 Å². The molecule has 0 radical (unpaired) electrons. The molecule has 0 amide bonds. The molecule has 6 atom stereocenters. The summed E-state index contributed by atoms with van der Waals surface area (Å²) in [7, 11) is 0. The van der Waals surface area contributed by atoms with Gasteiger partial charge in [0.25, 0.3) is 0 Å². The lowest BCUT2D eigenvalue weighted by Gasteiger charge is -2.39. The summed E-state index contributed by atoms with van der Waals surface area (Å²) in [6.45, 7) is -0.525. The molecule has 194 valence electrons. The lowest BCUT2D eigenvalue weighted by molar-refractivity contribution is -0.277. The fourth-order valence-corrected chi connectivity index (χ4v) is 4.34. The number of benzene rings is 2. The lowest BCUT2D eigenvalue weighted by Crippen LogP contribution is -2.60. The number of carbonyl (C=O) groups is 1. The van der Waals surface area contributed by atoms with Crippen LogP contribution in [0.3, 0.4) is 0 Å². The zero-order chi connectivity index (χ0) is 25.7. The SMILES string of the molecule is O=C1C=C(CCc2ccc(O)cc2)OC(CCc2ccc(OC3OC(CO)C(O)C(O)C3O)cc2)C1. The monoisotopic (exact) mass is 500 g/mol. The number of hydrogen-bond acceptors (Lipinski definition) is 9. The number of aliphatic hydroxyl groups excluding tert-OH is 4. The lowest BCUT2D eigenvalue weighted by atomic mass is 9.99. The van der Waals surface area contributed by atoms with Crippen LogP contribution in [-0.2, 0) is 27.1 Å². The van der Waals surface area contributed by atoms with Gasteiger partial charge < -0.3 is 39.7 Å². The van der Waals surface area contributed by atoms with Gasteiger partial charge in [0.05, 0.1) is 6.61 Å². The van der Waals surface area contributed by atoms with Gasteiger partial charge in [-0.2, -0.15) is 0 Å². The summed E-state index contributed by atoms with van der Waals surface area (Å²) in [6.07, 6.45) is -2.32. The Morgan fingerprint density at radius 2 is 1.53 bits per heavy atom. The summed E-state index contributed by atoms with van der Waals surface area (Å²) in [5.41, 5.74) is 2.06. The van der Waals surface area contributed by atoms with Gasteiger partial charge >= 0.3 is 0 Å². The summed E-state index contributed by atoms with van der Waals surface area (Å²) in [5, 5.41) is 48.6. The van der Waals surface area contributed by atoms with Crippen LogP contribution in [0.1, 0.15) is 30.4 Å². The number of ketones is 1. The quantitative estimate of drug-likeness (QED) is 0.345. The molecule has 0 aliphatic carbocycles. The van der Waals surface area contributed by atoms with E-state index in [4.69, 9.17) is 14.2 Å². The fourth-order valence-electron chi connectivity index (χ4n) is 4.34. The van der Waals surface area contributed by atoms with Gasteiger partial charge in [0.2, 0.25) is 6.29 Å². The van der Waals surface area contributed by atoms with Gasteiger partial charge in [-0.1, -0.05) is 24.3 Å². The van der Waals surface area contributed by atoms with Crippen LogP contribution in [0.15, 0.2) is 60.4 Å². The maximum absolute atomic E-state index is 12.2. The van der Waals surface area contributed by atoms with E-state index in [-0.39, 0.29) is 17.6 Å². The minimum absolute atomic E-state index is 0.0511. The number of aromatic hydroxyl groups is 1. The number of ether oxygens (including phenoxy) is 3. The van der Waals surface area contributed by atoms with Gasteiger partial charge in [-0.05, 0) is 54.7 Å². The summed E-state index contributed by atoms with van der Waals surface area (Å²) >= 11 is 0.